The molecule has 1 aliphatic rings. The molecule has 0 spiro atoms. The number of nitrogens with zero attached hydrogens (tertiary/aromatic N) is 5. The van der Waals surface area contributed by atoms with Crippen molar-refractivity contribution in [2.24, 2.45) is 14.1 Å². The number of aryl methyl sites for hydroxylation is 3. The van der Waals surface area contributed by atoms with Crippen molar-refractivity contribution < 1.29 is 9.53 Å². The molecule has 1 amide bonds. The van der Waals surface area contributed by atoms with Crippen molar-refractivity contribution in [3.8, 4) is 17.1 Å². The van der Waals surface area contributed by atoms with E-state index in [1.54, 1.807) is 7.11 Å². The van der Waals surface area contributed by atoms with Crippen LogP contribution in [0.25, 0.3) is 11.4 Å². The number of benzene rings is 1. The van der Waals surface area contributed by atoms with Crippen LogP contribution in [0, 0.1) is 13.8 Å². The second-order valence-corrected chi connectivity index (χ2v) is 7.69. The molecule has 0 bridgehead atoms. The molecule has 1 aromatic carbocycles. The van der Waals surface area contributed by atoms with Crippen LogP contribution in [0.4, 0.5) is 0 Å². The van der Waals surface area contributed by atoms with Gasteiger partial charge in [-0.1, -0.05) is 6.07 Å². The van der Waals surface area contributed by atoms with Crippen LogP contribution in [-0.4, -0.2) is 44.0 Å². The fourth-order valence-electron chi connectivity index (χ4n) is 4.43. The quantitative estimate of drug-likeness (QED) is 0.685. The first-order chi connectivity index (χ1) is 13.8. The molecule has 2 aromatic heterocycles. The van der Waals surface area contributed by atoms with Crippen molar-refractivity contribution in [2.45, 2.75) is 33.2 Å². The standard InChI is InChI=1S/C22H27N5O2/c1-13-12-23-25(4)20(13)21-17-10-11-27(15(3)19(17)24-26(21)5)22(28)16-8-7-9-18(29-6)14(16)2/h7-9,12,15H,10-11H2,1-6H3/t15-/m0/s1. The third-order valence-corrected chi connectivity index (χ3v) is 5.98. The monoisotopic (exact) mass is 393 g/mol. The van der Waals surface area contributed by atoms with E-state index in [0.29, 0.717) is 12.1 Å². The minimum atomic E-state index is -0.106. The summed E-state index contributed by atoms with van der Waals surface area (Å²) in [5.74, 6) is 0.747. The van der Waals surface area contributed by atoms with Crippen LogP contribution in [0.1, 0.15) is 45.7 Å². The van der Waals surface area contributed by atoms with E-state index in [9.17, 15) is 4.79 Å². The summed E-state index contributed by atoms with van der Waals surface area (Å²) in [4.78, 5) is 15.3. The highest BCUT2D eigenvalue weighted by Crippen LogP contribution is 2.37. The molecular formula is C22H27N5O2. The van der Waals surface area contributed by atoms with Crippen LogP contribution in [0.15, 0.2) is 24.4 Å². The Kier molecular flexibility index (Phi) is 4.68. The maximum Gasteiger partial charge on any atom is 0.254 e. The predicted octanol–water partition coefficient (Wildman–Crippen LogP) is 3.21. The van der Waals surface area contributed by atoms with E-state index in [-0.39, 0.29) is 11.9 Å². The lowest BCUT2D eigenvalue weighted by Crippen LogP contribution is -2.39. The number of carbonyl (C=O) groups excluding carboxylic acids is 1. The number of ether oxygens (including phenoxy) is 1. The molecule has 7 nitrogen and oxygen atoms in total. The molecule has 0 fully saturated rings. The van der Waals surface area contributed by atoms with Gasteiger partial charge >= 0.3 is 0 Å². The SMILES string of the molecule is COc1cccc(C(=O)N2CCc3c(nn(C)c3-c3c(C)cnn3C)[C@@H]2C)c1C. The summed E-state index contributed by atoms with van der Waals surface area (Å²) in [5, 5.41) is 9.20. The van der Waals surface area contributed by atoms with E-state index in [2.05, 4.69) is 18.9 Å². The van der Waals surface area contributed by atoms with Gasteiger partial charge in [-0.25, -0.2) is 0 Å². The molecule has 0 radical (unpaired) electrons. The van der Waals surface area contributed by atoms with Gasteiger partial charge in [-0.05, 0) is 44.9 Å². The van der Waals surface area contributed by atoms with Crippen molar-refractivity contribution in [2.75, 3.05) is 13.7 Å². The molecule has 29 heavy (non-hydrogen) atoms. The molecular weight excluding hydrogens is 366 g/mol. The smallest absolute Gasteiger partial charge is 0.254 e. The van der Waals surface area contributed by atoms with E-state index in [1.165, 1.54) is 5.56 Å². The zero-order valence-electron chi connectivity index (χ0n) is 17.9. The Bertz CT molecular complexity index is 1080. The highest BCUT2D eigenvalue weighted by atomic mass is 16.5. The van der Waals surface area contributed by atoms with Crippen LogP contribution in [0.2, 0.25) is 0 Å². The third-order valence-electron chi connectivity index (χ3n) is 5.98. The van der Waals surface area contributed by atoms with Crippen molar-refractivity contribution in [1.29, 1.82) is 0 Å². The minimum Gasteiger partial charge on any atom is -0.496 e. The lowest BCUT2D eigenvalue weighted by atomic mass is 9.95. The lowest BCUT2D eigenvalue weighted by molar-refractivity contribution is 0.0672. The van der Waals surface area contributed by atoms with Gasteiger partial charge in [-0.3, -0.25) is 14.2 Å². The lowest BCUT2D eigenvalue weighted by Gasteiger charge is -2.33. The average molecular weight is 393 g/mol. The van der Waals surface area contributed by atoms with Gasteiger partial charge in [0.1, 0.15) is 5.75 Å². The second kappa shape index (κ2) is 7.06. The van der Waals surface area contributed by atoms with Crippen molar-refractivity contribution >= 4 is 5.91 Å². The van der Waals surface area contributed by atoms with E-state index < -0.39 is 0 Å². The Morgan fingerprint density at radius 2 is 1.93 bits per heavy atom. The van der Waals surface area contributed by atoms with E-state index >= 15 is 0 Å². The summed E-state index contributed by atoms with van der Waals surface area (Å²) >= 11 is 0. The van der Waals surface area contributed by atoms with Gasteiger partial charge in [0.2, 0.25) is 0 Å². The first-order valence-corrected chi connectivity index (χ1v) is 9.84. The highest BCUT2D eigenvalue weighted by molar-refractivity contribution is 5.96. The summed E-state index contributed by atoms with van der Waals surface area (Å²) in [6.07, 6.45) is 2.64. The molecule has 152 valence electrons. The van der Waals surface area contributed by atoms with Gasteiger partial charge in [0.05, 0.1) is 36.4 Å². The number of hydrogen-bond donors (Lipinski definition) is 0. The highest BCUT2D eigenvalue weighted by Gasteiger charge is 2.34. The number of hydrogen-bond acceptors (Lipinski definition) is 4. The van der Waals surface area contributed by atoms with Crippen LogP contribution in [0.5, 0.6) is 5.75 Å². The van der Waals surface area contributed by atoms with E-state index in [1.807, 2.05) is 59.7 Å². The molecule has 1 atom stereocenters. The molecule has 7 heteroatoms. The number of carbonyl (C=O) groups is 1. The summed E-state index contributed by atoms with van der Waals surface area (Å²) in [6.45, 7) is 6.70. The summed E-state index contributed by atoms with van der Waals surface area (Å²) in [6, 6.07) is 5.50. The summed E-state index contributed by atoms with van der Waals surface area (Å²) < 4.78 is 9.22. The topological polar surface area (TPSA) is 65.2 Å². The average Bonchev–Trinajstić information content (AvgIpc) is 3.20. The van der Waals surface area contributed by atoms with Gasteiger partial charge < -0.3 is 9.64 Å². The van der Waals surface area contributed by atoms with Crippen LogP contribution < -0.4 is 4.74 Å². The first-order valence-electron chi connectivity index (χ1n) is 9.84. The predicted molar refractivity (Wildman–Crippen MR) is 111 cm³/mol. The Morgan fingerprint density at radius 3 is 2.59 bits per heavy atom. The molecule has 3 heterocycles. The van der Waals surface area contributed by atoms with E-state index in [4.69, 9.17) is 9.84 Å². The van der Waals surface area contributed by atoms with Crippen LogP contribution >= 0.6 is 0 Å². The van der Waals surface area contributed by atoms with Crippen LogP contribution in [-0.2, 0) is 20.5 Å². The Hall–Kier alpha value is -3.09. The zero-order chi connectivity index (χ0) is 20.9. The van der Waals surface area contributed by atoms with Gasteiger partial charge in [-0.15, -0.1) is 0 Å². The van der Waals surface area contributed by atoms with Crippen molar-refractivity contribution in [1.82, 2.24) is 24.5 Å². The van der Waals surface area contributed by atoms with Gasteiger partial charge in [0.25, 0.3) is 5.91 Å². The summed E-state index contributed by atoms with van der Waals surface area (Å²) in [5.41, 5.74) is 7.01. The number of methoxy groups -OCH3 is 1. The Labute approximate surface area is 170 Å². The normalized spacial score (nSPS) is 16.1. The Balaban J connectivity index is 1.73. The fraction of sp³-hybridized carbons (Fsp3) is 0.409. The number of aromatic nitrogens is 4. The first kappa shape index (κ1) is 19.2. The molecule has 3 aromatic rings. The Morgan fingerprint density at radius 1 is 1.17 bits per heavy atom. The third kappa shape index (κ3) is 2.92. The van der Waals surface area contributed by atoms with Gasteiger partial charge in [0.15, 0.2) is 0 Å². The number of fused-ring (bicyclic) bond motifs is 1. The molecule has 0 saturated carbocycles. The van der Waals surface area contributed by atoms with E-state index in [0.717, 1.165) is 40.4 Å². The molecule has 1 aliphatic heterocycles. The molecule has 0 unspecified atom stereocenters. The molecule has 0 aliphatic carbocycles. The second-order valence-electron chi connectivity index (χ2n) is 7.69. The molecule has 0 saturated heterocycles. The molecule has 0 N–H and O–H groups in total. The molecule has 4 rings (SSSR count). The van der Waals surface area contributed by atoms with Gasteiger partial charge in [-0.2, -0.15) is 10.2 Å². The minimum absolute atomic E-state index is 0.0171. The van der Waals surface area contributed by atoms with Crippen molar-refractivity contribution in [3.05, 3.63) is 52.3 Å². The number of amides is 1. The van der Waals surface area contributed by atoms with Crippen molar-refractivity contribution in [3.63, 3.8) is 0 Å². The summed E-state index contributed by atoms with van der Waals surface area (Å²) in [7, 11) is 5.54. The maximum absolute atomic E-state index is 13.4. The zero-order valence-corrected chi connectivity index (χ0v) is 17.9. The van der Waals surface area contributed by atoms with Gasteiger partial charge in [0, 0.05) is 37.3 Å². The number of rotatable bonds is 3. The maximum atomic E-state index is 13.4. The largest absolute Gasteiger partial charge is 0.496 e. The fourth-order valence-corrected chi connectivity index (χ4v) is 4.43. The van der Waals surface area contributed by atoms with Crippen LogP contribution in [0.3, 0.4) is 0 Å².